The molecule has 0 saturated carbocycles. The third kappa shape index (κ3) is 4.34. The van der Waals surface area contributed by atoms with E-state index < -0.39 is 11.7 Å². The van der Waals surface area contributed by atoms with E-state index in [1.165, 1.54) is 0 Å². The van der Waals surface area contributed by atoms with Crippen molar-refractivity contribution in [1.29, 1.82) is 0 Å². The van der Waals surface area contributed by atoms with Crippen molar-refractivity contribution in [3.63, 3.8) is 0 Å². The zero-order valence-electron chi connectivity index (χ0n) is 13.2. The number of carbonyl (C=O) groups is 1. The predicted molar refractivity (Wildman–Crippen MR) is 85.0 cm³/mol. The highest BCUT2D eigenvalue weighted by atomic mass is 16.6. The molecule has 2 aromatic rings. The van der Waals surface area contributed by atoms with Gasteiger partial charge >= 0.3 is 6.09 Å². The summed E-state index contributed by atoms with van der Waals surface area (Å²) >= 11 is 0. The van der Waals surface area contributed by atoms with Crippen LogP contribution in [-0.2, 0) is 4.74 Å². The number of hydrogen-bond donors (Lipinski definition) is 2. The number of nitrogens with one attached hydrogen (secondary N) is 2. The molecule has 0 aliphatic carbocycles. The van der Waals surface area contributed by atoms with E-state index in [1.54, 1.807) is 18.5 Å². The van der Waals surface area contributed by atoms with Gasteiger partial charge in [0.15, 0.2) is 0 Å². The molecule has 6 nitrogen and oxygen atoms in total. The minimum Gasteiger partial charge on any atom is -0.444 e. The van der Waals surface area contributed by atoms with Gasteiger partial charge in [-0.1, -0.05) is 12.1 Å². The number of hydrogen-bond acceptors (Lipinski definition) is 4. The summed E-state index contributed by atoms with van der Waals surface area (Å²) in [6.45, 7) is 7.27. The lowest BCUT2D eigenvalue weighted by Crippen LogP contribution is -2.34. The van der Waals surface area contributed by atoms with Crippen molar-refractivity contribution in [1.82, 2.24) is 20.3 Å². The second-order valence-corrected chi connectivity index (χ2v) is 6.02. The van der Waals surface area contributed by atoms with Gasteiger partial charge in [-0.2, -0.15) is 0 Å². The average Bonchev–Trinajstić information content (AvgIpc) is 2.86. The van der Waals surface area contributed by atoms with Gasteiger partial charge in [-0.3, -0.25) is 4.98 Å². The van der Waals surface area contributed by atoms with E-state index in [1.807, 2.05) is 33.8 Å². The van der Waals surface area contributed by atoms with Crippen LogP contribution in [0.5, 0.6) is 0 Å². The Morgan fingerprint density at radius 3 is 2.64 bits per heavy atom. The number of H-pyrrole nitrogens is 1. The predicted octanol–water partition coefficient (Wildman–Crippen LogP) is 1.85. The maximum atomic E-state index is 11.8. The van der Waals surface area contributed by atoms with Crippen molar-refractivity contribution >= 4 is 19.5 Å². The van der Waals surface area contributed by atoms with Gasteiger partial charge < -0.3 is 15.0 Å². The van der Waals surface area contributed by atoms with E-state index in [2.05, 4.69) is 20.3 Å². The number of nitrogens with zero attached hydrogens (tertiary/aromatic N) is 2. The number of pyridine rings is 1. The molecule has 0 aliphatic rings. The van der Waals surface area contributed by atoms with Crippen LogP contribution in [0.4, 0.5) is 4.79 Å². The van der Waals surface area contributed by atoms with Gasteiger partial charge in [0.2, 0.25) is 0 Å². The molecule has 7 heteroatoms. The first-order chi connectivity index (χ1) is 10.2. The van der Waals surface area contributed by atoms with Crippen LogP contribution >= 0.6 is 0 Å². The van der Waals surface area contributed by atoms with Crippen LogP contribution < -0.4 is 10.9 Å². The number of carbonyl (C=O) groups excluding carboxylic acids is 1. The lowest BCUT2D eigenvalue weighted by atomic mass is 10.0. The fraction of sp³-hybridized carbons (Fsp3) is 0.400. The standard InChI is InChI=1S/C15H19BN4O2/c1-9(19-14(21)22-15(2,3)4)13-18-8-11(20-13)10-5-6-12(16)17-7-10/h5-9H,1-4H3,(H,18,20)(H,19,21)/t9-/m0/s1. The molecule has 0 unspecified atom stereocenters. The van der Waals surface area contributed by atoms with Crippen molar-refractivity contribution in [2.45, 2.75) is 39.3 Å². The highest BCUT2D eigenvalue weighted by Gasteiger charge is 2.19. The Morgan fingerprint density at radius 2 is 2.05 bits per heavy atom. The SMILES string of the molecule is [B]c1ccc(-c2cnc([C@H](C)NC(=O)OC(C)(C)C)[nH]2)cn1. The molecule has 2 rings (SSSR count). The Morgan fingerprint density at radius 1 is 1.32 bits per heavy atom. The van der Waals surface area contributed by atoms with E-state index in [9.17, 15) is 4.79 Å². The average molecular weight is 298 g/mol. The van der Waals surface area contributed by atoms with Crippen molar-refractivity contribution in [3.8, 4) is 11.3 Å². The highest BCUT2D eigenvalue weighted by Crippen LogP contribution is 2.18. The molecule has 0 saturated heterocycles. The first kappa shape index (κ1) is 16.1. The van der Waals surface area contributed by atoms with Crippen LogP contribution in [0.15, 0.2) is 24.5 Å². The number of amides is 1. The zero-order chi connectivity index (χ0) is 16.3. The third-order valence-corrected chi connectivity index (χ3v) is 2.84. The van der Waals surface area contributed by atoms with Crippen LogP contribution in [0, 0.1) is 0 Å². The molecule has 2 aromatic heterocycles. The third-order valence-electron chi connectivity index (χ3n) is 2.84. The minimum absolute atomic E-state index is 0.301. The summed E-state index contributed by atoms with van der Waals surface area (Å²) in [5, 5.41) is 2.74. The van der Waals surface area contributed by atoms with Gasteiger partial charge in [0.05, 0.1) is 17.9 Å². The van der Waals surface area contributed by atoms with Crippen LogP contribution in [-0.4, -0.2) is 34.5 Å². The number of ether oxygens (including phenoxy) is 1. The number of imidazole rings is 1. The molecule has 0 fully saturated rings. The van der Waals surface area contributed by atoms with Crippen molar-refractivity contribution in [3.05, 3.63) is 30.4 Å². The molecule has 114 valence electrons. The van der Waals surface area contributed by atoms with Crippen LogP contribution in [0.25, 0.3) is 11.3 Å². The summed E-state index contributed by atoms with van der Waals surface area (Å²) in [6.07, 6.45) is 2.88. The Hall–Kier alpha value is -2.31. The Kier molecular flexibility index (Phi) is 4.54. The van der Waals surface area contributed by atoms with Crippen molar-refractivity contribution in [2.75, 3.05) is 0 Å². The van der Waals surface area contributed by atoms with Crippen LogP contribution in [0.1, 0.15) is 39.6 Å². The molecule has 2 heterocycles. The second kappa shape index (κ2) is 6.21. The quantitative estimate of drug-likeness (QED) is 0.848. The molecular formula is C15H19BN4O2. The van der Waals surface area contributed by atoms with Gasteiger partial charge in [-0.25, -0.2) is 9.78 Å². The van der Waals surface area contributed by atoms with Gasteiger partial charge in [-0.15, -0.1) is 0 Å². The summed E-state index contributed by atoms with van der Waals surface area (Å²) in [7, 11) is 5.57. The van der Waals surface area contributed by atoms with E-state index in [0.717, 1.165) is 11.3 Å². The Labute approximate surface area is 131 Å². The normalized spacial score (nSPS) is 12.7. The summed E-state index contributed by atoms with van der Waals surface area (Å²) < 4.78 is 5.22. The van der Waals surface area contributed by atoms with E-state index >= 15 is 0 Å². The maximum Gasteiger partial charge on any atom is 0.408 e. The smallest absolute Gasteiger partial charge is 0.408 e. The summed E-state index contributed by atoms with van der Waals surface area (Å²) in [5.41, 5.74) is 1.61. The van der Waals surface area contributed by atoms with Gasteiger partial charge in [0.25, 0.3) is 0 Å². The van der Waals surface area contributed by atoms with Gasteiger partial charge in [0.1, 0.15) is 19.3 Å². The van der Waals surface area contributed by atoms with Crippen molar-refractivity contribution in [2.24, 2.45) is 0 Å². The molecule has 0 bridgehead atoms. The topological polar surface area (TPSA) is 79.9 Å². The van der Waals surface area contributed by atoms with E-state index in [-0.39, 0.29) is 6.04 Å². The molecule has 0 aliphatic heterocycles. The molecule has 2 radical (unpaired) electrons. The van der Waals surface area contributed by atoms with Gasteiger partial charge in [0, 0.05) is 11.8 Å². The molecular weight excluding hydrogens is 279 g/mol. The number of aromatic nitrogens is 3. The lowest BCUT2D eigenvalue weighted by Gasteiger charge is -2.21. The monoisotopic (exact) mass is 298 g/mol. The first-order valence-electron chi connectivity index (χ1n) is 7.01. The lowest BCUT2D eigenvalue weighted by molar-refractivity contribution is 0.0506. The number of alkyl carbamates (subject to hydrolysis) is 1. The fourth-order valence-electron chi connectivity index (χ4n) is 1.82. The first-order valence-corrected chi connectivity index (χ1v) is 7.01. The summed E-state index contributed by atoms with van der Waals surface area (Å²) in [4.78, 5) is 23.2. The highest BCUT2D eigenvalue weighted by molar-refractivity contribution is 6.30. The molecule has 2 N–H and O–H groups in total. The summed E-state index contributed by atoms with van der Waals surface area (Å²) in [6, 6.07) is 3.27. The molecule has 0 aromatic carbocycles. The van der Waals surface area contributed by atoms with Gasteiger partial charge in [-0.05, 0) is 33.3 Å². The Bertz CT molecular complexity index is 646. The Balaban J connectivity index is 2.04. The molecule has 0 spiro atoms. The van der Waals surface area contributed by atoms with E-state index in [4.69, 9.17) is 12.6 Å². The number of rotatable bonds is 3. The van der Waals surface area contributed by atoms with Crippen LogP contribution in [0.3, 0.4) is 0 Å². The largest absolute Gasteiger partial charge is 0.444 e. The van der Waals surface area contributed by atoms with E-state index in [0.29, 0.717) is 11.4 Å². The molecule has 1 amide bonds. The van der Waals surface area contributed by atoms with Crippen molar-refractivity contribution < 1.29 is 9.53 Å². The fourth-order valence-corrected chi connectivity index (χ4v) is 1.82. The zero-order valence-corrected chi connectivity index (χ0v) is 13.2. The minimum atomic E-state index is -0.534. The summed E-state index contributed by atoms with van der Waals surface area (Å²) in [5.74, 6) is 0.637. The second-order valence-electron chi connectivity index (χ2n) is 6.02. The maximum absolute atomic E-state index is 11.8. The molecule has 22 heavy (non-hydrogen) atoms. The van der Waals surface area contributed by atoms with Crippen LogP contribution in [0.2, 0.25) is 0 Å². The molecule has 1 atom stereocenters. The number of aromatic amines is 1.